The molecule has 0 unspecified atom stereocenters. The first-order valence-electron chi connectivity index (χ1n) is 3.81. The summed E-state index contributed by atoms with van der Waals surface area (Å²) in [6, 6.07) is 3.18. The topological polar surface area (TPSA) is 30.7 Å². The second kappa shape index (κ2) is 4.34. The van der Waals surface area contributed by atoms with E-state index >= 15 is 0 Å². The van der Waals surface area contributed by atoms with Crippen molar-refractivity contribution in [2.45, 2.75) is 0 Å². The van der Waals surface area contributed by atoms with Gasteiger partial charge < -0.3 is 0 Å². The molecule has 2 aromatic rings. The molecule has 0 saturated carbocycles. The molecule has 0 saturated heterocycles. The predicted octanol–water partition coefficient (Wildman–Crippen LogP) is 3.43. The lowest BCUT2D eigenvalue weighted by molar-refractivity contribution is 0.617. The zero-order valence-corrected chi connectivity index (χ0v) is 11.6. The normalized spacial score (nSPS) is 10.7. The smallest absolute Gasteiger partial charge is 0.157 e. The Kier molecular flexibility index (Phi) is 3.27. The molecule has 0 bridgehead atoms. The number of halogens is 4. The van der Waals surface area contributed by atoms with Gasteiger partial charge in [-0.05, 0) is 50.7 Å². The summed E-state index contributed by atoms with van der Waals surface area (Å²) in [5.74, 6) is -0.443. The Morgan fingerprint density at radius 1 is 1.47 bits per heavy atom. The number of aromatic nitrogens is 3. The van der Waals surface area contributed by atoms with E-state index in [0.29, 0.717) is 13.9 Å². The minimum atomic E-state index is -0.443. The standard InChI is InChI=1S/C8H3BrClFIN3/c9-6-3-15(14-13-6)5-2-1-4(10)7(11)8(5)12/h1-3H. The number of benzene rings is 1. The van der Waals surface area contributed by atoms with E-state index in [1.54, 1.807) is 12.3 Å². The van der Waals surface area contributed by atoms with Crippen LogP contribution in [0, 0.1) is 9.39 Å². The summed E-state index contributed by atoms with van der Waals surface area (Å²) in [5, 5.41) is 7.68. The highest BCUT2D eigenvalue weighted by Gasteiger charge is 2.12. The molecular formula is C8H3BrClFIN3. The fourth-order valence-corrected chi connectivity index (χ4v) is 2.35. The fourth-order valence-electron chi connectivity index (χ4n) is 1.05. The lowest BCUT2D eigenvalue weighted by atomic mass is 10.3. The summed E-state index contributed by atoms with van der Waals surface area (Å²) in [6.45, 7) is 0. The van der Waals surface area contributed by atoms with Gasteiger partial charge in [0.25, 0.3) is 0 Å². The zero-order valence-electron chi connectivity index (χ0n) is 7.09. The molecule has 1 heterocycles. The van der Waals surface area contributed by atoms with Gasteiger partial charge in [0.15, 0.2) is 5.82 Å². The van der Waals surface area contributed by atoms with Crippen molar-refractivity contribution in [3.63, 3.8) is 0 Å². The fraction of sp³-hybridized carbons (Fsp3) is 0. The minimum absolute atomic E-state index is 0.0994. The molecule has 0 aliphatic rings. The van der Waals surface area contributed by atoms with Crippen LogP contribution >= 0.6 is 50.1 Å². The van der Waals surface area contributed by atoms with Crippen LogP contribution in [0.3, 0.4) is 0 Å². The third-order valence-electron chi connectivity index (χ3n) is 1.73. The molecule has 2 rings (SSSR count). The summed E-state index contributed by atoms with van der Waals surface area (Å²) in [4.78, 5) is 0. The number of nitrogens with zero attached hydrogens (tertiary/aromatic N) is 3. The quantitative estimate of drug-likeness (QED) is 0.541. The van der Waals surface area contributed by atoms with Gasteiger partial charge in [0.2, 0.25) is 0 Å². The number of rotatable bonds is 1. The van der Waals surface area contributed by atoms with Gasteiger partial charge in [0.1, 0.15) is 4.60 Å². The molecule has 0 amide bonds. The van der Waals surface area contributed by atoms with Crippen LogP contribution < -0.4 is 0 Å². The maximum absolute atomic E-state index is 13.5. The molecule has 1 aromatic heterocycles. The Labute approximate surface area is 112 Å². The summed E-state index contributed by atoms with van der Waals surface area (Å²) in [5.41, 5.74) is 0.607. The van der Waals surface area contributed by atoms with Crippen LogP contribution in [0.5, 0.6) is 0 Å². The monoisotopic (exact) mass is 401 g/mol. The van der Waals surface area contributed by atoms with Crippen molar-refractivity contribution in [1.29, 1.82) is 0 Å². The Morgan fingerprint density at radius 2 is 2.20 bits per heavy atom. The SMILES string of the molecule is Fc1c(Cl)ccc(-n2cc(Br)nn2)c1I. The van der Waals surface area contributed by atoms with E-state index < -0.39 is 5.82 Å². The molecule has 3 nitrogen and oxygen atoms in total. The lowest BCUT2D eigenvalue weighted by Crippen LogP contribution is -2.00. The van der Waals surface area contributed by atoms with Crippen LogP contribution in [-0.2, 0) is 0 Å². The van der Waals surface area contributed by atoms with Crippen molar-refractivity contribution in [2.24, 2.45) is 0 Å². The van der Waals surface area contributed by atoms with Gasteiger partial charge in [0.05, 0.1) is 20.5 Å². The zero-order chi connectivity index (χ0) is 11.0. The molecule has 0 spiro atoms. The van der Waals surface area contributed by atoms with Gasteiger partial charge in [-0.2, -0.15) is 0 Å². The highest BCUT2D eigenvalue weighted by Crippen LogP contribution is 2.25. The van der Waals surface area contributed by atoms with Gasteiger partial charge in [-0.15, -0.1) is 5.10 Å². The third kappa shape index (κ3) is 2.16. The molecular weight excluding hydrogens is 399 g/mol. The molecule has 0 radical (unpaired) electrons. The van der Waals surface area contributed by atoms with Crippen molar-refractivity contribution >= 4 is 50.1 Å². The molecule has 0 aliphatic carbocycles. The van der Waals surface area contributed by atoms with E-state index in [4.69, 9.17) is 11.6 Å². The average molecular weight is 402 g/mol. The Morgan fingerprint density at radius 3 is 2.80 bits per heavy atom. The second-order valence-electron chi connectivity index (χ2n) is 2.68. The van der Waals surface area contributed by atoms with E-state index in [9.17, 15) is 4.39 Å². The average Bonchev–Trinajstić information content (AvgIpc) is 2.61. The van der Waals surface area contributed by atoms with Crippen molar-refractivity contribution in [3.05, 3.63) is 37.3 Å². The van der Waals surface area contributed by atoms with Gasteiger partial charge in [-0.1, -0.05) is 16.8 Å². The van der Waals surface area contributed by atoms with E-state index in [1.807, 2.05) is 22.6 Å². The highest BCUT2D eigenvalue weighted by atomic mass is 127. The van der Waals surface area contributed by atoms with Gasteiger partial charge in [0, 0.05) is 0 Å². The summed E-state index contributed by atoms with van der Waals surface area (Å²) in [7, 11) is 0. The number of hydrogen-bond donors (Lipinski definition) is 0. The predicted molar refractivity (Wildman–Crippen MR) is 66.7 cm³/mol. The van der Waals surface area contributed by atoms with Crippen LogP contribution in [0.25, 0.3) is 5.69 Å². The van der Waals surface area contributed by atoms with Crippen LogP contribution in [0.4, 0.5) is 4.39 Å². The molecule has 1 aromatic carbocycles. The third-order valence-corrected chi connectivity index (χ3v) is 3.41. The van der Waals surface area contributed by atoms with E-state index in [-0.39, 0.29) is 5.02 Å². The molecule has 0 N–H and O–H groups in total. The first-order chi connectivity index (χ1) is 7.09. The largest absolute Gasteiger partial charge is 0.218 e. The maximum Gasteiger partial charge on any atom is 0.157 e. The van der Waals surface area contributed by atoms with Crippen molar-refractivity contribution in [3.8, 4) is 5.69 Å². The second-order valence-corrected chi connectivity index (χ2v) is 4.98. The first-order valence-corrected chi connectivity index (χ1v) is 6.06. The summed E-state index contributed by atoms with van der Waals surface area (Å²) in [6.07, 6.45) is 1.64. The van der Waals surface area contributed by atoms with Gasteiger partial charge >= 0.3 is 0 Å². The Balaban J connectivity index is 2.59. The minimum Gasteiger partial charge on any atom is -0.218 e. The maximum atomic E-state index is 13.5. The Hall–Kier alpha value is -0.210. The molecule has 0 aliphatic heterocycles. The van der Waals surface area contributed by atoms with Crippen LogP contribution in [0.2, 0.25) is 5.02 Å². The highest BCUT2D eigenvalue weighted by molar-refractivity contribution is 14.1. The van der Waals surface area contributed by atoms with Crippen LogP contribution in [0.15, 0.2) is 22.9 Å². The van der Waals surface area contributed by atoms with E-state index in [1.165, 1.54) is 10.7 Å². The van der Waals surface area contributed by atoms with E-state index in [2.05, 4.69) is 26.2 Å². The summed E-state index contributed by atoms with van der Waals surface area (Å²) < 4.78 is 16.0. The van der Waals surface area contributed by atoms with Gasteiger partial charge in [-0.25, -0.2) is 9.07 Å². The lowest BCUT2D eigenvalue weighted by Gasteiger charge is -2.05. The van der Waals surface area contributed by atoms with Crippen LogP contribution in [-0.4, -0.2) is 15.0 Å². The van der Waals surface area contributed by atoms with Gasteiger partial charge in [-0.3, -0.25) is 0 Å². The molecule has 78 valence electrons. The van der Waals surface area contributed by atoms with E-state index in [0.717, 1.165) is 0 Å². The van der Waals surface area contributed by atoms with Crippen molar-refractivity contribution < 1.29 is 4.39 Å². The molecule has 0 atom stereocenters. The summed E-state index contributed by atoms with van der Waals surface area (Å²) >= 11 is 10.7. The molecule has 15 heavy (non-hydrogen) atoms. The van der Waals surface area contributed by atoms with Crippen molar-refractivity contribution in [2.75, 3.05) is 0 Å². The number of hydrogen-bond acceptors (Lipinski definition) is 2. The van der Waals surface area contributed by atoms with Crippen molar-refractivity contribution in [1.82, 2.24) is 15.0 Å². The van der Waals surface area contributed by atoms with Crippen LogP contribution in [0.1, 0.15) is 0 Å². The first kappa shape index (κ1) is 11.3. The molecule has 7 heteroatoms. The Bertz CT molecular complexity index is 517. The molecule has 0 fully saturated rings.